The first kappa shape index (κ1) is 22.4. The summed E-state index contributed by atoms with van der Waals surface area (Å²) in [5.41, 5.74) is 2.70. The highest BCUT2D eigenvalue weighted by molar-refractivity contribution is 7.97. The molecule has 0 saturated carbocycles. The van der Waals surface area contributed by atoms with Crippen LogP contribution in [0.5, 0.6) is 0 Å². The Morgan fingerprint density at radius 2 is 1.75 bits per heavy atom. The molecule has 7 heteroatoms. The van der Waals surface area contributed by atoms with Crippen molar-refractivity contribution in [3.63, 3.8) is 0 Å². The Labute approximate surface area is 190 Å². The topological polar surface area (TPSA) is 30.7 Å². The van der Waals surface area contributed by atoms with Crippen LogP contribution >= 0.6 is 11.8 Å². The van der Waals surface area contributed by atoms with Crippen LogP contribution < -0.4 is 0 Å². The number of thioether (sulfide) groups is 1. The van der Waals surface area contributed by atoms with Crippen LogP contribution in [0.15, 0.2) is 84.7 Å². The van der Waals surface area contributed by atoms with Crippen molar-refractivity contribution in [2.24, 2.45) is 5.92 Å². The number of nitrogens with zero attached hydrogens (tertiary/aromatic N) is 3. The molecule has 0 fully saturated rings. The van der Waals surface area contributed by atoms with Crippen molar-refractivity contribution >= 4 is 11.8 Å². The predicted octanol–water partition coefficient (Wildman–Crippen LogP) is 6.65. The zero-order valence-corrected chi connectivity index (χ0v) is 18.5. The van der Waals surface area contributed by atoms with Gasteiger partial charge in [0.15, 0.2) is 0 Å². The fourth-order valence-corrected chi connectivity index (χ4v) is 4.80. The molecule has 32 heavy (non-hydrogen) atoms. The largest absolute Gasteiger partial charge is 0.416 e. The van der Waals surface area contributed by atoms with Gasteiger partial charge in [0.25, 0.3) is 0 Å². The molecule has 0 N–H and O–H groups in total. The van der Waals surface area contributed by atoms with Crippen molar-refractivity contribution in [1.82, 2.24) is 14.8 Å². The molecule has 0 radical (unpaired) electrons. The molecule has 2 atom stereocenters. The van der Waals surface area contributed by atoms with E-state index in [0.29, 0.717) is 6.54 Å². The second kappa shape index (κ2) is 9.77. The lowest BCUT2D eigenvalue weighted by Gasteiger charge is -2.24. The lowest BCUT2D eigenvalue weighted by Crippen LogP contribution is -2.13. The van der Waals surface area contributed by atoms with E-state index < -0.39 is 11.7 Å². The Balaban J connectivity index is 1.36. The van der Waals surface area contributed by atoms with Gasteiger partial charge in [0.05, 0.1) is 11.3 Å². The van der Waals surface area contributed by atoms with E-state index in [-0.39, 0.29) is 11.8 Å². The average molecular weight is 456 g/mol. The molecule has 3 nitrogen and oxygen atoms in total. The van der Waals surface area contributed by atoms with Crippen molar-refractivity contribution in [2.45, 2.75) is 37.1 Å². The molecule has 0 spiro atoms. The molecule has 1 aliphatic rings. The Morgan fingerprint density at radius 1 is 1.00 bits per heavy atom. The number of benzene rings is 2. The van der Waals surface area contributed by atoms with E-state index in [9.17, 15) is 13.2 Å². The molecular formula is C25H24F3N3S. The SMILES string of the molecule is CC1C=C(Cn2cnnc2CSCc2ccccc2)C=CC1c1ccc(C(F)(F)F)cc1. The van der Waals surface area contributed by atoms with Crippen molar-refractivity contribution < 1.29 is 13.2 Å². The lowest BCUT2D eigenvalue weighted by atomic mass is 9.82. The summed E-state index contributed by atoms with van der Waals surface area (Å²) in [5, 5.41) is 8.35. The van der Waals surface area contributed by atoms with Gasteiger partial charge in [0.1, 0.15) is 12.2 Å². The summed E-state index contributed by atoms with van der Waals surface area (Å²) in [5.74, 6) is 2.86. The predicted molar refractivity (Wildman–Crippen MR) is 122 cm³/mol. The highest BCUT2D eigenvalue weighted by Crippen LogP contribution is 2.35. The van der Waals surface area contributed by atoms with Gasteiger partial charge >= 0.3 is 6.18 Å². The summed E-state index contributed by atoms with van der Waals surface area (Å²) in [6.45, 7) is 2.77. The maximum absolute atomic E-state index is 12.8. The molecule has 1 aliphatic carbocycles. The smallest absolute Gasteiger partial charge is 0.312 e. The second-order valence-electron chi connectivity index (χ2n) is 7.96. The average Bonchev–Trinajstić information content (AvgIpc) is 3.21. The Morgan fingerprint density at radius 3 is 2.44 bits per heavy atom. The molecule has 1 heterocycles. The fraction of sp³-hybridized carbons (Fsp3) is 0.280. The third-order valence-corrected chi connectivity index (χ3v) is 6.58. The van der Waals surface area contributed by atoms with Crippen LogP contribution in [-0.2, 0) is 24.2 Å². The van der Waals surface area contributed by atoms with Crippen LogP contribution in [0.1, 0.15) is 35.4 Å². The minimum Gasteiger partial charge on any atom is -0.312 e. The van der Waals surface area contributed by atoms with E-state index in [0.717, 1.165) is 40.6 Å². The normalized spacial score (nSPS) is 18.6. The Kier molecular flexibility index (Phi) is 6.84. The van der Waals surface area contributed by atoms with Crippen molar-refractivity contribution in [1.29, 1.82) is 0 Å². The molecule has 4 rings (SSSR count). The lowest BCUT2D eigenvalue weighted by molar-refractivity contribution is -0.137. The molecule has 0 saturated heterocycles. The first-order chi connectivity index (χ1) is 15.4. The quantitative estimate of drug-likeness (QED) is 0.400. The van der Waals surface area contributed by atoms with E-state index in [2.05, 4.69) is 52.0 Å². The van der Waals surface area contributed by atoms with Crippen LogP contribution in [0.3, 0.4) is 0 Å². The minimum absolute atomic E-state index is 0.0582. The van der Waals surface area contributed by atoms with Crippen molar-refractivity contribution in [3.8, 4) is 0 Å². The van der Waals surface area contributed by atoms with E-state index in [4.69, 9.17) is 0 Å². The molecule has 0 amide bonds. The summed E-state index contributed by atoms with van der Waals surface area (Å²) in [4.78, 5) is 0. The molecule has 0 aliphatic heterocycles. The number of halogens is 3. The minimum atomic E-state index is -4.31. The number of alkyl halides is 3. The van der Waals surface area contributed by atoms with Crippen LogP contribution in [0, 0.1) is 5.92 Å². The monoisotopic (exact) mass is 455 g/mol. The zero-order valence-electron chi connectivity index (χ0n) is 17.7. The van der Waals surface area contributed by atoms with Crippen LogP contribution in [-0.4, -0.2) is 14.8 Å². The fourth-order valence-electron chi connectivity index (χ4n) is 3.87. The van der Waals surface area contributed by atoms with Crippen molar-refractivity contribution in [3.05, 3.63) is 107 Å². The van der Waals surface area contributed by atoms with Gasteiger partial charge in [-0.2, -0.15) is 13.2 Å². The summed E-state index contributed by atoms with van der Waals surface area (Å²) in [7, 11) is 0. The van der Waals surface area contributed by atoms with Crippen molar-refractivity contribution in [2.75, 3.05) is 0 Å². The van der Waals surface area contributed by atoms with E-state index >= 15 is 0 Å². The third-order valence-electron chi connectivity index (χ3n) is 5.58. The molecule has 2 aromatic carbocycles. The maximum atomic E-state index is 12.8. The highest BCUT2D eigenvalue weighted by Gasteiger charge is 2.30. The van der Waals surface area contributed by atoms with Gasteiger partial charge in [-0.05, 0) is 34.8 Å². The molecular weight excluding hydrogens is 431 g/mol. The maximum Gasteiger partial charge on any atom is 0.416 e. The van der Waals surface area contributed by atoms with Crippen LogP contribution in [0.4, 0.5) is 13.2 Å². The van der Waals surface area contributed by atoms with Gasteiger partial charge in [-0.25, -0.2) is 0 Å². The van der Waals surface area contributed by atoms with Gasteiger partial charge in [0, 0.05) is 18.2 Å². The number of aromatic nitrogens is 3. The molecule has 0 bridgehead atoms. The van der Waals surface area contributed by atoms with Gasteiger partial charge in [0.2, 0.25) is 0 Å². The van der Waals surface area contributed by atoms with Gasteiger partial charge in [-0.15, -0.1) is 22.0 Å². The molecule has 1 aromatic heterocycles. The Hall–Kier alpha value is -2.80. The summed E-state index contributed by atoms with van der Waals surface area (Å²) < 4.78 is 40.5. The third kappa shape index (κ3) is 5.51. The second-order valence-corrected chi connectivity index (χ2v) is 8.94. The van der Waals surface area contributed by atoms with Crippen LogP contribution in [0.2, 0.25) is 0 Å². The number of rotatable bonds is 7. The molecule has 2 unspecified atom stereocenters. The number of allylic oxidation sites excluding steroid dienone is 4. The summed E-state index contributed by atoms with van der Waals surface area (Å²) >= 11 is 1.80. The Bertz CT molecular complexity index is 1090. The van der Waals surface area contributed by atoms with Gasteiger partial charge in [-0.3, -0.25) is 0 Å². The van der Waals surface area contributed by atoms with E-state index in [1.54, 1.807) is 30.2 Å². The first-order valence-corrected chi connectivity index (χ1v) is 11.6. The standard InChI is InChI=1S/C25H24F3N3S/c1-18-13-20(7-12-23(18)21-8-10-22(11-9-21)25(26,27)28)14-31-17-29-30-24(31)16-32-15-19-5-3-2-4-6-19/h2-13,17-18,23H,14-16H2,1H3. The first-order valence-electron chi connectivity index (χ1n) is 10.4. The molecule has 3 aromatic rings. The highest BCUT2D eigenvalue weighted by atomic mass is 32.2. The number of hydrogen-bond acceptors (Lipinski definition) is 3. The van der Waals surface area contributed by atoms with Gasteiger partial charge in [-0.1, -0.05) is 67.6 Å². The zero-order chi connectivity index (χ0) is 22.6. The van der Waals surface area contributed by atoms with Gasteiger partial charge < -0.3 is 4.57 Å². The van der Waals surface area contributed by atoms with E-state index in [1.165, 1.54) is 5.56 Å². The van der Waals surface area contributed by atoms with Crippen LogP contribution in [0.25, 0.3) is 0 Å². The summed E-state index contributed by atoms with van der Waals surface area (Å²) in [6, 6.07) is 15.8. The number of hydrogen-bond donors (Lipinski definition) is 0. The molecule has 166 valence electrons. The summed E-state index contributed by atoms with van der Waals surface area (Å²) in [6.07, 6.45) is 3.76. The van der Waals surface area contributed by atoms with E-state index in [1.807, 2.05) is 18.2 Å².